The third kappa shape index (κ3) is 4.22. The van der Waals surface area contributed by atoms with Gasteiger partial charge in [-0.3, -0.25) is 4.79 Å². The van der Waals surface area contributed by atoms with Gasteiger partial charge in [-0.1, -0.05) is 50.2 Å². The van der Waals surface area contributed by atoms with Gasteiger partial charge in [0.1, 0.15) is 0 Å². The van der Waals surface area contributed by atoms with Crippen molar-refractivity contribution in [3.8, 4) is 0 Å². The first-order valence-electron chi connectivity index (χ1n) is 9.21. The normalized spacial score (nSPS) is 20.4. The Bertz CT molecular complexity index is 730. The molecule has 1 amide bonds. The van der Waals surface area contributed by atoms with Crippen LogP contribution in [0.1, 0.15) is 41.8 Å². The Morgan fingerprint density at radius 3 is 2.40 bits per heavy atom. The van der Waals surface area contributed by atoms with E-state index in [1.165, 1.54) is 17.5 Å². The molecule has 0 aliphatic carbocycles. The average Bonchev–Trinajstić information content (AvgIpc) is 2.60. The summed E-state index contributed by atoms with van der Waals surface area (Å²) in [5.74, 6) is 1.28. The zero-order valence-corrected chi connectivity index (χ0v) is 15.5. The summed E-state index contributed by atoms with van der Waals surface area (Å²) in [5, 5.41) is 3.47. The number of rotatable bonds is 4. The van der Waals surface area contributed by atoms with Crippen LogP contribution in [0.3, 0.4) is 0 Å². The minimum Gasteiger partial charge on any atom is -0.380 e. The van der Waals surface area contributed by atoms with Crippen molar-refractivity contribution in [3.63, 3.8) is 0 Å². The Hall–Kier alpha value is -2.29. The molecule has 1 aliphatic heterocycles. The lowest BCUT2D eigenvalue weighted by molar-refractivity contribution is 0.0624. The van der Waals surface area contributed by atoms with Crippen LogP contribution >= 0.6 is 0 Å². The molecule has 0 bridgehead atoms. The molecule has 1 aliphatic rings. The Balaban J connectivity index is 1.76. The van der Waals surface area contributed by atoms with Gasteiger partial charge in [-0.15, -0.1) is 0 Å². The SMILES string of the molecule is Cc1ccccc1CNc1ccccc1C(=O)N1CC(C)CC(C)C1. The maximum absolute atomic E-state index is 13.1. The number of benzene rings is 2. The first kappa shape index (κ1) is 17.5. The van der Waals surface area contributed by atoms with Crippen LogP contribution in [0.4, 0.5) is 5.69 Å². The molecule has 0 spiro atoms. The van der Waals surface area contributed by atoms with Gasteiger partial charge < -0.3 is 10.2 Å². The van der Waals surface area contributed by atoms with Gasteiger partial charge in [-0.25, -0.2) is 0 Å². The van der Waals surface area contributed by atoms with Gasteiger partial charge in [0.2, 0.25) is 0 Å². The summed E-state index contributed by atoms with van der Waals surface area (Å²) in [6, 6.07) is 16.2. The first-order chi connectivity index (χ1) is 12.0. The zero-order valence-electron chi connectivity index (χ0n) is 15.5. The molecule has 2 aromatic rings. The Morgan fingerprint density at radius 1 is 1.04 bits per heavy atom. The fourth-order valence-electron chi connectivity index (χ4n) is 3.82. The topological polar surface area (TPSA) is 32.3 Å². The molecule has 0 saturated carbocycles. The van der Waals surface area contributed by atoms with Crippen molar-refractivity contribution in [3.05, 3.63) is 65.2 Å². The number of nitrogens with zero attached hydrogens (tertiary/aromatic N) is 1. The van der Waals surface area contributed by atoms with E-state index in [1.54, 1.807) is 0 Å². The number of piperidine rings is 1. The van der Waals surface area contributed by atoms with Crippen LogP contribution in [0.15, 0.2) is 48.5 Å². The second kappa shape index (κ2) is 7.73. The second-order valence-electron chi connectivity index (χ2n) is 7.48. The highest BCUT2D eigenvalue weighted by atomic mass is 16.2. The summed E-state index contributed by atoms with van der Waals surface area (Å²) >= 11 is 0. The lowest BCUT2D eigenvalue weighted by Crippen LogP contribution is -2.42. The monoisotopic (exact) mass is 336 g/mol. The summed E-state index contributed by atoms with van der Waals surface area (Å²) in [6.45, 7) is 9.02. The van der Waals surface area contributed by atoms with Crippen LogP contribution in [-0.2, 0) is 6.54 Å². The summed E-state index contributed by atoms with van der Waals surface area (Å²) < 4.78 is 0. The number of likely N-dealkylation sites (tertiary alicyclic amines) is 1. The summed E-state index contributed by atoms with van der Waals surface area (Å²) in [6.07, 6.45) is 1.21. The minimum atomic E-state index is 0.145. The van der Waals surface area contributed by atoms with Gasteiger partial charge in [-0.2, -0.15) is 0 Å². The molecule has 25 heavy (non-hydrogen) atoms. The number of carbonyl (C=O) groups is 1. The Morgan fingerprint density at radius 2 is 1.68 bits per heavy atom. The molecule has 1 heterocycles. The molecular formula is C22H28N2O. The molecule has 2 aromatic carbocycles. The molecular weight excluding hydrogens is 308 g/mol. The number of aryl methyl sites for hydroxylation is 1. The summed E-state index contributed by atoms with van der Waals surface area (Å²) in [7, 11) is 0. The van der Waals surface area contributed by atoms with Crippen molar-refractivity contribution in [2.24, 2.45) is 11.8 Å². The second-order valence-corrected chi connectivity index (χ2v) is 7.48. The molecule has 2 unspecified atom stereocenters. The zero-order chi connectivity index (χ0) is 17.8. The van der Waals surface area contributed by atoms with E-state index in [9.17, 15) is 4.79 Å². The number of amides is 1. The predicted molar refractivity (Wildman–Crippen MR) is 104 cm³/mol. The third-order valence-electron chi connectivity index (χ3n) is 5.04. The Labute approximate surface area is 151 Å². The Kier molecular flexibility index (Phi) is 5.42. The fraction of sp³-hybridized carbons (Fsp3) is 0.409. The van der Waals surface area contributed by atoms with Gasteiger partial charge in [0.15, 0.2) is 0 Å². The van der Waals surface area contributed by atoms with Crippen LogP contribution in [0.5, 0.6) is 0 Å². The average molecular weight is 336 g/mol. The third-order valence-corrected chi connectivity index (χ3v) is 5.04. The number of para-hydroxylation sites is 1. The molecule has 132 valence electrons. The van der Waals surface area contributed by atoms with E-state index in [4.69, 9.17) is 0 Å². The van der Waals surface area contributed by atoms with Gasteiger partial charge in [0, 0.05) is 25.3 Å². The van der Waals surface area contributed by atoms with Crippen LogP contribution < -0.4 is 5.32 Å². The van der Waals surface area contributed by atoms with Crippen molar-refractivity contribution in [1.82, 2.24) is 4.90 Å². The number of anilines is 1. The highest BCUT2D eigenvalue weighted by Crippen LogP contribution is 2.25. The van der Waals surface area contributed by atoms with E-state index in [2.05, 4.69) is 50.4 Å². The quantitative estimate of drug-likeness (QED) is 0.876. The van der Waals surface area contributed by atoms with Crippen LogP contribution in [-0.4, -0.2) is 23.9 Å². The van der Waals surface area contributed by atoms with Crippen molar-refractivity contribution in [1.29, 1.82) is 0 Å². The molecule has 0 aromatic heterocycles. The summed E-state index contributed by atoms with van der Waals surface area (Å²) in [5.41, 5.74) is 4.21. The summed E-state index contributed by atoms with van der Waals surface area (Å²) in [4.78, 5) is 15.1. The van der Waals surface area contributed by atoms with E-state index in [0.29, 0.717) is 11.8 Å². The van der Waals surface area contributed by atoms with Crippen LogP contribution in [0, 0.1) is 18.8 Å². The van der Waals surface area contributed by atoms with E-state index < -0.39 is 0 Å². The number of hydrogen-bond donors (Lipinski definition) is 1. The van der Waals surface area contributed by atoms with Crippen molar-refractivity contribution in [2.75, 3.05) is 18.4 Å². The number of hydrogen-bond acceptors (Lipinski definition) is 2. The maximum atomic E-state index is 13.1. The smallest absolute Gasteiger partial charge is 0.255 e. The molecule has 3 heteroatoms. The van der Waals surface area contributed by atoms with Gasteiger partial charge in [-0.05, 0) is 48.4 Å². The molecule has 3 rings (SSSR count). The lowest BCUT2D eigenvalue weighted by atomic mass is 9.91. The van der Waals surface area contributed by atoms with Gasteiger partial charge in [0.05, 0.1) is 5.56 Å². The van der Waals surface area contributed by atoms with Crippen LogP contribution in [0.2, 0.25) is 0 Å². The number of nitrogens with one attached hydrogen (secondary N) is 1. The molecule has 0 radical (unpaired) electrons. The van der Waals surface area contributed by atoms with E-state index >= 15 is 0 Å². The molecule has 2 atom stereocenters. The van der Waals surface area contributed by atoms with Crippen molar-refractivity contribution < 1.29 is 4.79 Å². The standard InChI is InChI=1S/C22H28N2O/c1-16-12-17(2)15-24(14-16)22(25)20-10-6-7-11-21(20)23-13-19-9-5-4-8-18(19)3/h4-11,16-17,23H,12-15H2,1-3H3. The van der Waals surface area contributed by atoms with Crippen molar-refractivity contribution in [2.45, 2.75) is 33.7 Å². The fourth-order valence-corrected chi connectivity index (χ4v) is 3.82. The highest BCUT2D eigenvalue weighted by Gasteiger charge is 2.27. The largest absolute Gasteiger partial charge is 0.380 e. The van der Waals surface area contributed by atoms with Crippen molar-refractivity contribution >= 4 is 11.6 Å². The highest BCUT2D eigenvalue weighted by molar-refractivity contribution is 5.99. The maximum Gasteiger partial charge on any atom is 0.255 e. The molecule has 3 nitrogen and oxygen atoms in total. The van der Waals surface area contributed by atoms with E-state index in [0.717, 1.165) is 30.9 Å². The first-order valence-corrected chi connectivity index (χ1v) is 9.21. The van der Waals surface area contributed by atoms with Gasteiger partial charge in [0.25, 0.3) is 5.91 Å². The molecule has 1 fully saturated rings. The van der Waals surface area contributed by atoms with E-state index in [1.807, 2.05) is 29.2 Å². The minimum absolute atomic E-state index is 0.145. The van der Waals surface area contributed by atoms with E-state index in [-0.39, 0.29) is 5.91 Å². The van der Waals surface area contributed by atoms with Gasteiger partial charge >= 0.3 is 0 Å². The lowest BCUT2D eigenvalue weighted by Gasteiger charge is -2.35. The number of carbonyl (C=O) groups excluding carboxylic acids is 1. The molecule has 1 saturated heterocycles. The predicted octanol–water partition coefficient (Wildman–Crippen LogP) is 4.73. The van der Waals surface area contributed by atoms with Crippen LogP contribution in [0.25, 0.3) is 0 Å². The molecule has 1 N–H and O–H groups in total.